The van der Waals surface area contributed by atoms with E-state index in [1.165, 1.54) is 0 Å². The topological polar surface area (TPSA) is 93.3 Å². The Labute approximate surface area is 90.1 Å². The summed E-state index contributed by atoms with van der Waals surface area (Å²) < 4.78 is 12.9. The lowest BCUT2D eigenvalue weighted by atomic mass is 10.2. The SMILES string of the molecule is NC(=O)CC#Cc1cc(C(=O)O)c(F)cn1. The highest BCUT2D eigenvalue weighted by Crippen LogP contribution is 2.06. The molecule has 1 amide bonds. The van der Waals surface area contributed by atoms with Crippen molar-refractivity contribution in [1.29, 1.82) is 0 Å². The lowest BCUT2D eigenvalue weighted by Gasteiger charge is -1.96. The van der Waals surface area contributed by atoms with Gasteiger partial charge in [0.2, 0.25) is 5.91 Å². The van der Waals surface area contributed by atoms with E-state index in [4.69, 9.17) is 10.8 Å². The number of carboxylic acids is 1. The first-order valence-corrected chi connectivity index (χ1v) is 4.16. The maximum absolute atomic E-state index is 12.9. The molecule has 6 heteroatoms. The lowest BCUT2D eigenvalue weighted by Crippen LogP contribution is -2.08. The summed E-state index contributed by atoms with van der Waals surface area (Å²) in [5, 5.41) is 8.61. The van der Waals surface area contributed by atoms with E-state index >= 15 is 0 Å². The van der Waals surface area contributed by atoms with Gasteiger partial charge in [-0.25, -0.2) is 14.2 Å². The molecular weight excluding hydrogens is 215 g/mol. The van der Waals surface area contributed by atoms with E-state index < -0.39 is 23.3 Å². The number of carboxylic acid groups (broad SMARTS) is 1. The first kappa shape index (κ1) is 11.7. The molecule has 0 saturated carbocycles. The molecular formula is C10H7FN2O3. The van der Waals surface area contributed by atoms with Crippen molar-refractivity contribution in [2.45, 2.75) is 6.42 Å². The van der Waals surface area contributed by atoms with Gasteiger partial charge in [0.15, 0.2) is 5.82 Å². The number of rotatable bonds is 2. The molecule has 0 saturated heterocycles. The molecule has 1 heterocycles. The summed E-state index contributed by atoms with van der Waals surface area (Å²) in [5.41, 5.74) is 4.40. The summed E-state index contributed by atoms with van der Waals surface area (Å²) in [6.07, 6.45) is 0.596. The maximum Gasteiger partial charge on any atom is 0.338 e. The van der Waals surface area contributed by atoms with Crippen LogP contribution in [0.2, 0.25) is 0 Å². The van der Waals surface area contributed by atoms with Crippen molar-refractivity contribution in [3.63, 3.8) is 0 Å². The molecule has 16 heavy (non-hydrogen) atoms. The van der Waals surface area contributed by atoms with Gasteiger partial charge in [0.1, 0.15) is 5.69 Å². The number of halogens is 1. The fourth-order valence-corrected chi connectivity index (χ4v) is 0.893. The molecule has 0 atom stereocenters. The van der Waals surface area contributed by atoms with Crippen molar-refractivity contribution >= 4 is 11.9 Å². The van der Waals surface area contributed by atoms with Crippen molar-refractivity contribution in [3.8, 4) is 11.8 Å². The molecule has 3 N–H and O–H groups in total. The molecule has 0 aromatic carbocycles. The summed E-state index contributed by atoms with van der Waals surface area (Å²) in [4.78, 5) is 24.5. The van der Waals surface area contributed by atoms with Gasteiger partial charge in [-0.15, -0.1) is 0 Å². The second kappa shape index (κ2) is 4.89. The first-order chi connectivity index (χ1) is 7.50. The standard InChI is InChI=1S/C10H7FN2O3/c11-8-5-13-6(2-1-3-9(12)14)4-7(8)10(15)16/h4-5H,3H2,(H2,12,14)(H,15,16). The van der Waals surface area contributed by atoms with Crippen molar-refractivity contribution in [1.82, 2.24) is 4.98 Å². The van der Waals surface area contributed by atoms with E-state index in [2.05, 4.69) is 16.8 Å². The zero-order valence-electron chi connectivity index (χ0n) is 8.03. The Kier molecular flexibility index (Phi) is 3.56. The smallest absolute Gasteiger partial charge is 0.338 e. The van der Waals surface area contributed by atoms with Crippen LogP contribution in [0.5, 0.6) is 0 Å². The highest BCUT2D eigenvalue weighted by molar-refractivity contribution is 5.88. The highest BCUT2D eigenvalue weighted by atomic mass is 19.1. The van der Waals surface area contributed by atoms with Crippen LogP contribution in [0.4, 0.5) is 4.39 Å². The van der Waals surface area contributed by atoms with Gasteiger partial charge in [-0.2, -0.15) is 0 Å². The molecule has 1 aromatic heterocycles. The molecule has 0 radical (unpaired) electrons. The van der Waals surface area contributed by atoms with Crippen LogP contribution in [0.1, 0.15) is 22.5 Å². The van der Waals surface area contributed by atoms with E-state index in [9.17, 15) is 14.0 Å². The Bertz CT molecular complexity index is 503. The van der Waals surface area contributed by atoms with Gasteiger partial charge in [0, 0.05) is 0 Å². The Morgan fingerprint density at radius 3 is 2.81 bits per heavy atom. The number of amides is 1. The number of aromatic carboxylic acids is 1. The molecule has 0 unspecified atom stereocenters. The fourth-order valence-electron chi connectivity index (χ4n) is 0.893. The predicted molar refractivity (Wildman–Crippen MR) is 51.8 cm³/mol. The van der Waals surface area contributed by atoms with Crippen LogP contribution in [0.25, 0.3) is 0 Å². The Balaban J connectivity index is 2.98. The minimum Gasteiger partial charge on any atom is -0.478 e. The van der Waals surface area contributed by atoms with E-state index in [1.54, 1.807) is 0 Å². The Hall–Kier alpha value is -2.42. The minimum atomic E-state index is -1.40. The van der Waals surface area contributed by atoms with Gasteiger partial charge in [-0.3, -0.25) is 4.79 Å². The largest absolute Gasteiger partial charge is 0.478 e. The molecule has 0 aliphatic carbocycles. The van der Waals surface area contributed by atoms with Gasteiger partial charge in [-0.1, -0.05) is 5.92 Å². The number of primary amides is 1. The Morgan fingerprint density at radius 1 is 1.56 bits per heavy atom. The minimum absolute atomic E-state index is 0.0695. The summed E-state index contributed by atoms with van der Waals surface area (Å²) in [7, 11) is 0. The number of carbonyl (C=O) groups is 2. The van der Waals surface area contributed by atoms with Gasteiger partial charge in [-0.05, 0) is 12.0 Å². The molecule has 0 aliphatic rings. The van der Waals surface area contributed by atoms with Gasteiger partial charge >= 0.3 is 5.97 Å². The zero-order valence-corrected chi connectivity index (χ0v) is 8.03. The predicted octanol–water partition coefficient (Wildman–Crippen LogP) is 0.146. The quantitative estimate of drug-likeness (QED) is 0.696. The van der Waals surface area contributed by atoms with Crippen LogP contribution >= 0.6 is 0 Å². The van der Waals surface area contributed by atoms with E-state index in [0.717, 1.165) is 12.3 Å². The number of aromatic nitrogens is 1. The lowest BCUT2D eigenvalue weighted by molar-refractivity contribution is -0.117. The average Bonchev–Trinajstić information content (AvgIpc) is 2.19. The third-order valence-corrected chi connectivity index (χ3v) is 1.56. The van der Waals surface area contributed by atoms with Gasteiger partial charge in [0.05, 0.1) is 18.2 Å². The zero-order chi connectivity index (χ0) is 12.1. The number of hydrogen-bond donors (Lipinski definition) is 2. The van der Waals surface area contributed by atoms with Gasteiger partial charge < -0.3 is 10.8 Å². The summed E-state index contributed by atoms with van der Waals surface area (Å²) in [5.74, 6) is 1.85. The molecule has 5 nitrogen and oxygen atoms in total. The summed E-state index contributed by atoms with van der Waals surface area (Å²) in [6.45, 7) is 0. The van der Waals surface area contributed by atoms with E-state index in [-0.39, 0.29) is 12.1 Å². The molecule has 0 aliphatic heterocycles. The first-order valence-electron chi connectivity index (χ1n) is 4.16. The molecule has 1 rings (SSSR count). The monoisotopic (exact) mass is 222 g/mol. The third kappa shape index (κ3) is 3.06. The van der Waals surface area contributed by atoms with Crippen molar-refractivity contribution < 1.29 is 19.1 Å². The highest BCUT2D eigenvalue weighted by Gasteiger charge is 2.10. The molecule has 0 spiro atoms. The molecule has 82 valence electrons. The normalized spacial score (nSPS) is 9.06. The molecule has 0 fully saturated rings. The second-order valence-electron chi connectivity index (χ2n) is 2.80. The Morgan fingerprint density at radius 2 is 2.25 bits per heavy atom. The van der Waals surface area contributed by atoms with Crippen LogP contribution in [0, 0.1) is 17.7 Å². The van der Waals surface area contributed by atoms with E-state index in [0.29, 0.717) is 0 Å². The second-order valence-corrected chi connectivity index (χ2v) is 2.80. The number of pyridine rings is 1. The van der Waals surface area contributed by atoms with Crippen LogP contribution in [0.15, 0.2) is 12.3 Å². The van der Waals surface area contributed by atoms with Crippen LogP contribution < -0.4 is 5.73 Å². The van der Waals surface area contributed by atoms with Gasteiger partial charge in [0.25, 0.3) is 0 Å². The summed E-state index contributed by atoms with van der Waals surface area (Å²) in [6, 6.07) is 0.992. The number of nitrogens with zero attached hydrogens (tertiary/aromatic N) is 1. The number of hydrogen-bond acceptors (Lipinski definition) is 3. The van der Waals surface area contributed by atoms with Crippen LogP contribution in [-0.4, -0.2) is 22.0 Å². The summed E-state index contributed by atoms with van der Waals surface area (Å²) >= 11 is 0. The van der Waals surface area contributed by atoms with Crippen LogP contribution in [-0.2, 0) is 4.79 Å². The molecule has 1 aromatic rings. The van der Waals surface area contributed by atoms with Crippen molar-refractivity contribution in [3.05, 3.63) is 29.3 Å². The number of nitrogens with two attached hydrogens (primary N) is 1. The van der Waals surface area contributed by atoms with E-state index in [1.807, 2.05) is 0 Å². The number of carbonyl (C=O) groups excluding carboxylic acids is 1. The third-order valence-electron chi connectivity index (χ3n) is 1.56. The van der Waals surface area contributed by atoms with Crippen LogP contribution in [0.3, 0.4) is 0 Å². The van der Waals surface area contributed by atoms with Crippen molar-refractivity contribution in [2.24, 2.45) is 5.73 Å². The maximum atomic E-state index is 12.9. The fraction of sp³-hybridized carbons (Fsp3) is 0.100. The average molecular weight is 222 g/mol. The van der Waals surface area contributed by atoms with Crippen molar-refractivity contribution in [2.75, 3.05) is 0 Å². The molecule has 0 bridgehead atoms.